The summed E-state index contributed by atoms with van der Waals surface area (Å²) < 4.78 is 34.1. The zero-order chi connectivity index (χ0) is 18.9. The van der Waals surface area contributed by atoms with Crippen molar-refractivity contribution >= 4 is 23.3 Å². The van der Waals surface area contributed by atoms with Gasteiger partial charge in [0, 0.05) is 17.5 Å². The quantitative estimate of drug-likeness (QED) is 0.473. The maximum atomic E-state index is 12.4. The Morgan fingerprint density at radius 3 is 2.77 bits per heavy atom. The number of alkyl halides is 2. The van der Waals surface area contributed by atoms with Gasteiger partial charge in [-0.1, -0.05) is 18.2 Å². The molecule has 1 heterocycles. The molecule has 0 atom stereocenters. The van der Waals surface area contributed by atoms with E-state index in [0.717, 1.165) is 4.88 Å². The molecule has 0 unspecified atom stereocenters. The fraction of sp³-hybridized carbons (Fsp3) is 0.211. The van der Waals surface area contributed by atoms with Crippen LogP contribution in [0.25, 0.3) is 6.08 Å². The number of hydrogen-bond donors (Lipinski definition) is 0. The molecule has 26 heavy (non-hydrogen) atoms. The molecule has 0 aliphatic carbocycles. The topological polar surface area (TPSA) is 38.8 Å². The third-order valence-corrected chi connectivity index (χ3v) is 4.27. The highest BCUT2D eigenvalue weighted by atomic mass is 32.1. The van der Waals surface area contributed by atoms with Crippen LogP contribution in [0.15, 0.2) is 54.4 Å². The summed E-state index contributed by atoms with van der Waals surface area (Å²) in [4.78, 5) is 15.2. The SMILES string of the molecule is C=CCN(Cc1cccs1)C(=O)/C=C\c1ccc(OC(F)F)c(OC)c1. The first kappa shape index (κ1) is 19.7. The molecular weight excluding hydrogens is 360 g/mol. The number of hydrogen-bond acceptors (Lipinski definition) is 4. The number of rotatable bonds is 9. The fourth-order valence-electron chi connectivity index (χ4n) is 2.23. The number of halogens is 2. The number of ether oxygens (including phenoxy) is 2. The predicted molar refractivity (Wildman–Crippen MR) is 98.6 cm³/mol. The Kier molecular flexibility index (Phi) is 7.35. The van der Waals surface area contributed by atoms with Crippen molar-refractivity contribution in [2.75, 3.05) is 13.7 Å². The van der Waals surface area contributed by atoms with Gasteiger partial charge in [-0.25, -0.2) is 0 Å². The van der Waals surface area contributed by atoms with Crippen molar-refractivity contribution in [3.05, 3.63) is 64.9 Å². The Labute approximate surface area is 155 Å². The summed E-state index contributed by atoms with van der Waals surface area (Å²) in [6, 6.07) is 8.37. The molecule has 2 aromatic rings. The Morgan fingerprint density at radius 1 is 1.35 bits per heavy atom. The second kappa shape index (κ2) is 9.72. The summed E-state index contributed by atoms with van der Waals surface area (Å²) in [6.45, 7) is 1.67. The van der Waals surface area contributed by atoms with Gasteiger partial charge in [-0.15, -0.1) is 17.9 Å². The minimum absolute atomic E-state index is 0.0584. The van der Waals surface area contributed by atoms with Crippen molar-refractivity contribution in [2.45, 2.75) is 13.2 Å². The lowest BCUT2D eigenvalue weighted by Crippen LogP contribution is -2.28. The lowest BCUT2D eigenvalue weighted by molar-refractivity contribution is -0.126. The summed E-state index contributed by atoms with van der Waals surface area (Å²) in [6.07, 6.45) is 4.69. The van der Waals surface area contributed by atoms with Crippen LogP contribution in [-0.4, -0.2) is 31.1 Å². The minimum atomic E-state index is -2.93. The third-order valence-electron chi connectivity index (χ3n) is 3.41. The summed E-state index contributed by atoms with van der Waals surface area (Å²) in [5.74, 6) is -0.0661. The van der Waals surface area contributed by atoms with Gasteiger partial charge in [0.25, 0.3) is 0 Å². The van der Waals surface area contributed by atoms with Crippen LogP contribution >= 0.6 is 11.3 Å². The highest BCUT2D eigenvalue weighted by Gasteiger charge is 2.12. The fourth-order valence-corrected chi connectivity index (χ4v) is 2.95. The minimum Gasteiger partial charge on any atom is -0.493 e. The summed E-state index contributed by atoms with van der Waals surface area (Å²) in [7, 11) is 1.36. The number of carbonyl (C=O) groups is 1. The van der Waals surface area contributed by atoms with Gasteiger partial charge in [0.05, 0.1) is 13.7 Å². The van der Waals surface area contributed by atoms with Gasteiger partial charge < -0.3 is 14.4 Å². The van der Waals surface area contributed by atoms with Gasteiger partial charge in [-0.05, 0) is 35.2 Å². The first-order valence-electron chi connectivity index (χ1n) is 7.76. The second-order valence-corrected chi connectivity index (χ2v) is 6.24. The first-order chi connectivity index (χ1) is 12.5. The van der Waals surface area contributed by atoms with E-state index in [4.69, 9.17) is 4.74 Å². The van der Waals surface area contributed by atoms with Gasteiger partial charge in [-0.2, -0.15) is 8.78 Å². The standard InChI is InChI=1S/C19H19F2NO3S/c1-3-10-22(13-15-5-4-11-26-15)18(23)9-7-14-6-8-16(25-19(20)21)17(12-14)24-2/h3-9,11-12,19H,1,10,13H2,2H3/b9-7-. The van der Waals surface area contributed by atoms with Crippen molar-refractivity contribution < 1.29 is 23.0 Å². The average Bonchev–Trinajstić information content (AvgIpc) is 3.13. The Bertz CT molecular complexity index is 760. The number of methoxy groups -OCH3 is 1. The Morgan fingerprint density at radius 2 is 2.15 bits per heavy atom. The van der Waals surface area contributed by atoms with E-state index in [0.29, 0.717) is 18.7 Å². The lowest BCUT2D eigenvalue weighted by Gasteiger charge is -2.18. The number of amides is 1. The van der Waals surface area contributed by atoms with Crippen LogP contribution in [0.5, 0.6) is 11.5 Å². The van der Waals surface area contributed by atoms with Crippen LogP contribution in [0.4, 0.5) is 8.78 Å². The first-order valence-corrected chi connectivity index (χ1v) is 8.64. The molecule has 0 fully saturated rings. The summed E-state index contributed by atoms with van der Waals surface area (Å²) in [5, 5.41) is 1.96. The maximum Gasteiger partial charge on any atom is 0.387 e. The summed E-state index contributed by atoms with van der Waals surface area (Å²) >= 11 is 1.58. The van der Waals surface area contributed by atoms with E-state index in [-0.39, 0.29) is 17.4 Å². The van der Waals surface area contributed by atoms with E-state index < -0.39 is 6.61 Å². The van der Waals surface area contributed by atoms with E-state index in [1.54, 1.807) is 34.5 Å². The van der Waals surface area contributed by atoms with Gasteiger partial charge >= 0.3 is 6.61 Å². The molecule has 4 nitrogen and oxygen atoms in total. The average molecular weight is 379 g/mol. The Balaban J connectivity index is 2.10. The molecule has 138 valence electrons. The van der Waals surface area contributed by atoms with E-state index >= 15 is 0 Å². The van der Waals surface area contributed by atoms with Crippen LogP contribution in [0, 0.1) is 0 Å². The molecule has 7 heteroatoms. The van der Waals surface area contributed by atoms with E-state index in [9.17, 15) is 13.6 Å². The molecule has 0 radical (unpaired) electrons. The number of nitrogens with zero attached hydrogens (tertiary/aromatic N) is 1. The van der Waals surface area contributed by atoms with Crippen molar-refractivity contribution in [1.29, 1.82) is 0 Å². The van der Waals surface area contributed by atoms with Gasteiger partial charge in [0.15, 0.2) is 11.5 Å². The number of thiophene rings is 1. The van der Waals surface area contributed by atoms with E-state index in [1.165, 1.54) is 25.3 Å². The van der Waals surface area contributed by atoms with Gasteiger partial charge in [-0.3, -0.25) is 4.79 Å². The largest absolute Gasteiger partial charge is 0.493 e. The highest BCUT2D eigenvalue weighted by Crippen LogP contribution is 2.29. The summed E-state index contributed by atoms with van der Waals surface area (Å²) in [5.41, 5.74) is 0.631. The van der Waals surface area contributed by atoms with Crippen LogP contribution in [0.1, 0.15) is 10.4 Å². The molecule has 0 aliphatic heterocycles. The van der Waals surface area contributed by atoms with E-state index in [2.05, 4.69) is 11.3 Å². The van der Waals surface area contributed by atoms with Crippen molar-refractivity contribution in [2.24, 2.45) is 0 Å². The number of benzene rings is 1. The smallest absolute Gasteiger partial charge is 0.387 e. The van der Waals surface area contributed by atoms with Gasteiger partial charge in [0.2, 0.25) is 5.91 Å². The highest BCUT2D eigenvalue weighted by molar-refractivity contribution is 7.09. The van der Waals surface area contributed by atoms with Crippen molar-refractivity contribution in [3.63, 3.8) is 0 Å². The van der Waals surface area contributed by atoms with E-state index in [1.807, 2.05) is 17.5 Å². The molecule has 0 spiro atoms. The molecule has 0 saturated heterocycles. The second-order valence-electron chi connectivity index (χ2n) is 5.21. The number of carbonyl (C=O) groups excluding carboxylic acids is 1. The van der Waals surface area contributed by atoms with Crippen LogP contribution in [-0.2, 0) is 11.3 Å². The van der Waals surface area contributed by atoms with Gasteiger partial charge in [0.1, 0.15) is 0 Å². The molecule has 1 amide bonds. The predicted octanol–water partition coefficient (Wildman–Crippen LogP) is 4.59. The molecule has 0 bridgehead atoms. The Hall–Kier alpha value is -2.67. The molecule has 1 aromatic carbocycles. The molecule has 1 aromatic heterocycles. The normalized spacial score (nSPS) is 10.9. The monoisotopic (exact) mass is 379 g/mol. The van der Waals surface area contributed by atoms with Crippen molar-refractivity contribution in [1.82, 2.24) is 4.90 Å². The molecule has 2 rings (SSSR count). The molecule has 0 N–H and O–H groups in total. The molecule has 0 saturated carbocycles. The third kappa shape index (κ3) is 5.70. The molecule has 0 aliphatic rings. The van der Waals surface area contributed by atoms with Crippen molar-refractivity contribution in [3.8, 4) is 11.5 Å². The van der Waals surface area contributed by atoms with Crippen LogP contribution < -0.4 is 9.47 Å². The van der Waals surface area contributed by atoms with Crippen LogP contribution in [0.2, 0.25) is 0 Å². The van der Waals surface area contributed by atoms with Crippen LogP contribution in [0.3, 0.4) is 0 Å². The lowest BCUT2D eigenvalue weighted by atomic mass is 10.2. The zero-order valence-corrected chi connectivity index (χ0v) is 15.0. The maximum absolute atomic E-state index is 12.4. The molecular formula is C19H19F2NO3S. The zero-order valence-electron chi connectivity index (χ0n) is 14.2.